The van der Waals surface area contributed by atoms with Gasteiger partial charge in [-0.05, 0) is 38.0 Å². The molecular weight excluding hydrogens is 294 g/mol. The molecular formula is C14H18BrNO2. The predicted octanol–water partition coefficient (Wildman–Crippen LogP) is 3.61. The highest BCUT2D eigenvalue weighted by Gasteiger charge is 2.29. The van der Waals surface area contributed by atoms with Gasteiger partial charge in [-0.3, -0.25) is 4.79 Å². The third kappa shape index (κ3) is 3.05. The van der Waals surface area contributed by atoms with Gasteiger partial charge >= 0.3 is 0 Å². The van der Waals surface area contributed by atoms with Crippen LogP contribution < -0.4 is 5.32 Å². The van der Waals surface area contributed by atoms with E-state index in [4.69, 9.17) is 0 Å². The van der Waals surface area contributed by atoms with Crippen LogP contribution in [-0.4, -0.2) is 16.6 Å². The molecule has 0 spiro atoms. The molecule has 1 saturated carbocycles. The molecule has 0 radical (unpaired) electrons. The number of hydrogen-bond donors (Lipinski definition) is 2. The fourth-order valence-corrected chi connectivity index (χ4v) is 2.85. The monoisotopic (exact) mass is 311 g/mol. The summed E-state index contributed by atoms with van der Waals surface area (Å²) in [5.74, 6) is -0.173. The lowest BCUT2D eigenvalue weighted by Crippen LogP contribution is -2.47. The molecule has 2 rings (SSSR count). The van der Waals surface area contributed by atoms with E-state index in [2.05, 4.69) is 28.2 Å². The van der Waals surface area contributed by atoms with E-state index in [1.807, 2.05) is 0 Å². The third-order valence-electron chi connectivity index (χ3n) is 3.58. The van der Waals surface area contributed by atoms with Crippen molar-refractivity contribution in [2.75, 3.05) is 0 Å². The van der Waals surface area contributed by atoms with E-state index >= 15 is 0 Å². The Balaban J connectivity index is 2.14. The van der Waals surface area contributed by atoms with Gasteiger partial charge in [-0.2, -0.15) is 0 Å². The minimum atomic E-state index is -0.196. The smallest absolute Gasteiger partial charge is 0.255 e. The van der Waals surface area contributed by atoms with E-state index in [0.717, 1.165) is 30.2 Å². The number of phenolic OH excluding ortho intramolecular Hbond substituents is 1. The van der Waals surface area contributed by atoms with Crippen molar-refractivity contribution in [3.05, 3.63) is 28.2 Å². The summed E-state index contributed by atoms with van der Waals surface area (Å²) in [7, 11) is 0. The van der Waals surface area contributed by atoms with Gasteiger partial charge in [0.2, 0.25) is 0 Å². The van der Waals surface area contributed by atoms with Crippen LogP contribution in [0.3, 0.4) is 0 Å². The predicted molar refractivity (Wildman–Crippen MR) is 74.8 cm³/mol. The summed E-state index contributed by atoms with van der Waals surface area (Å²) in [4.78, 5) is 12.2. The molecule has 0 heterocycles. The number of carbonyl (C=O) groups excluding carboxylic acids is 1. The van der Waals surface area contributed by atoms with Crippen LogP contribution in [0.5, 0.6) is 5.75 Å². The van der Waals surface area contributed by atoms with Gasteiger partial charge in [0.1, 0.15) is 5.75 Å². The van der Waals surface area contributed by atoms with E-state index in [0.29, 0.717) is 5.56 Å². The van der Waals surface area contributed by atoms with Crippen LogP contribution in [0.15, 0.2) is 22.7 Å². The van der Waals surface area contributed by atoms with Gasteiger partial charge in [-0.15, -0.1) is 0 Å². The maximum atomic E-state index is 12.2. The molecule has 2 N–H and O–H groups in total. The van der Waals surface area contributed by atoms with Gasteiger partial charge in [0.15, 0.2) is 0 Å². The number of nitrogens with one attached hydrogen (secondary N) is 1. The van der Waals surface area contributed by atoms with Gasteiger partial charge < -0.3 is 10.4 Å². The zero-order valence-corrected chi connectivity index (χ0v) is 12.1. The molecule has 1 fully saturated rings. The Bertz CT molecular complexity index is 453. The first-order valence-electron chi connectivity index (χ1n) is 6.31. The van der Waals surface area contributed by atoms with Crippen LogP contribution in [0, 0.1) is 0 Å². The second-order valence-corrected chi connectivity index (χ2v) is 6.15. The van der Waals surface area contributed by atoms with Gasteiger partial charge in [0.25, 0.3) is 5.91 Å². The first-order chi connectivity index (χ1) is 8.50. The summed E-state index contributed by atoms with van der Waals surface area (Å²) in [6.07, 6.45) is 5.57. The number of amides is 1. The molecule has 1 aliphatic carbocycles. The molecule has 0 aliphatic heterocycles. The molecule has 0 bridgehead atoms. The Hall–Kier alpha value is -1.03. The summed E-state index contributed by atoms with van der Waals surface area (Å²) < 4.78 is 0.791. The standard InChI is InChI=1S/C14H18BrNO2/c1-14(7-3-2-4-8-14)16-13(18)11-9-10(15)5-6-12(11)17/h5-6,9,17H,2-4,7-8H2,1H3,(H,16,18). The summed E-state index contributed by atoms with van der Waals surface area (Å²) in [5.41, 5.74) is 0.195. The molecule has 0 saturated heterocycles. The molecule has 1 aliphatic rings. The minimum Gasteiger partial charge on any atom is -0.507 e. The van der Waals surface area contributed by atoms with E-state index < -0.39 is 0 Å². The molecule has 0 atom stereocenters. The zero-order chi connectivity index (χ0) is 13.2. The SMILES string of the molecule is CC1(NC(=O)c2cc(Br)ccc2O)CCCCC1. The van der Waals surface area contributed by atoms with Crippen LogP contribution in [0.4, 0.5) is 0 Å². The molecule has 1 amide bonds. The van der Waals surface area contributed by atoms with Crippen LogP contribution in [0.25, 0.3) is 0 Å². The molecule has 98 valence electrons. The van der Waals surface area contributed by atoms with Crippen LogP contribution in [-0.2, 0) is 0 Å². The quantitative estimate of drug-likeness (QED) is 0.876. The van der Waals surface area contributed by atoms with Crippen molar-refractivity contribution >= 4 is 21.8 Å². The first-order valence-corrected chi connectivity index (χ1v) is 7.10. The zero-order valence-electron chi connectivity index (χ0n) is 10.5. The normalized spacial score (nSPS) is 18.3. The van der Waals surface area contributed by atoms with Crippen molar-refractivity contribution in [1.82, 2.24) is 5.32 Å². The number of halogens is 1. The highest BCUT2D eigenvalue weighted by Crippen LogP contribution is 2.29. The molecule has 4 heteroatoms. The summed E-state index contributed by atoms with van der Waals surface area (Å²) >= 11 is 3.31. The molecule has 0 aromatic heterocycles. The van der Waals surface area contributed by atoms with Crippen molar-refractivity contribution in [3.8, 4) is 5.75 Å². The largest absolute Gasteiger partial charge is 0.507 e. The van der Waals surface area contributed by atoms with E-state index in [-0.39, 0.29) is 17.2 Å². The van der Waals surface area contributed by atoms with E-state index in [1.54, 1.807) is 12.1 Å². The maximum absolute atomic E-state index is 12.2. The Morgan fingerprint density at radius 1 is 1.33 bits per heavy atom. The van der Waals surface area contributed by atoms with Crippen LogP contribution >= 0.6 is 15.9 Å². The fourth-order valence-electron chi connectivity index (χ4n) is 2.49. The van der Waals surface area contributed by atoms with Crippen molar-refractivity contribution in [2.24, 2.45) is 0 Å². The van der Waals surface area contributed by atoms with Gasteiger partial charge in [-0.25, -0.2) is 0 Å². The Morgan fingerprint density at radius 2 is 2.00 bits per heavy atom. The maximum Gasteiger partial charge on any atom is 0.255 e. The first kappa shape index (κ1) is 13.4. The molecule has 3 nitrogen and oxygen atoms in total. The highest BCUT2D eigenvalue weighted by molar-refractivity contribution is 9.10. The topological polar surface area (TPSA) is 49.3 Å². The Kier molecular flexibility index (Phi) is 3.95. The lowest BCUT2D eigenvalue weighted by molar-refractivity contribution is 0.0880. The average molecular weight is 312 g/mol. The van der Waals surface area contributed by atoms with Crippen LogP contribution in [0.2, 0.25) is 0 Å². The average Bonchev–Trinajstić information content (AvgIpc) is 2.32. The second kappa shape index (κ2) is 5.31. The summed E-state index contributed by atoms with van der Waals surface area (Å²) in [6.45, 7) is 2.08. The molecule has 1 aromatic carbocycles. The van der Waals surface area contributed by atoms with Gasteiger partial charge in [-0.1, -0.05) is 35.2 Å². The van der Waals surface area contributed by atoms with E-state index in [9.17, 15) is 9.90 Å². The van der Waals surface area contributed by atoms with Crippen molar-refractivity contribution in [3.63, 3.8) is 0 Å². The lowest BCUT2D eigenvalue weighted by atomic mass is 9.83. The Labute approximate surface area is 116 Å². The second-order valence-electron chi connectivity index (χ2n) is 5.24. The molecule has 1 aromatic rings. The summed E-state index contributed by atoms with van der Waals surface area (Å²) in [5, 5.41) is 12.8. The number of aromatic hydroxyl groups is 1. The number of benzene rings is 1. The highest BCUT2D eigenvalue weighted by atomic mass is 79.9. The Morgan fingerprint density at radius 3 is 2.67 bits per heavy atom. The van der Waals surface area contributed by atoms with Crippen molar-refractivity contribution in [2.45, 2.75) is 44.6 Å². The molecule has 0 unspecified atom stereocenters. The summed E-state index contributed by atoms with van der Waals surface area (Å²) in [6, 6.07) is 4.90. The lowest BCUT2D eigenvalue weighted by Gasteiger charge is -2.34. The molecule has 18 heavy (non-hydrogen) atoms. The number of rotatable bonds is 2. The number of phenols is 1. The van der Waals surface area contributed by atoms with Crippen molar-refractivity contribution < 1.29 is 9.90 Å². The number of carbonyl (C=O) groups is 1. The van der Waals surface area contributed by atoms with Crippen LogP contribution in [0.1, 0.15) is 49.4 Å². The number of hydrogen-bond acceptors (Lipinski definition) is 2. The fraction of sp³-hybridized carbons (Fsp3) is 0.500. The minimum absolute atomic E-state index is 0.0232. The van der Waals surface area contributed by atoms with E-state index in [1.165, 1.54) is 12.5 Å². The van der Waals surface area contributed by atoms with Gasteiger partial charge in [0, 0.05) is 10.0 Å². The van der Waals surface area contributed by atoms with Crippen molar-refractivity contribution in [1.29, 1.82) is 0 Å². The van der Waals surface area contributed by atoms with Gasteiger partial charge in [0.05, 0.1) is 5.56 Å². The third-order valence-corrected chi connectivity index (χ3v) is 4.07.